The molecule has 0 bridgehead atoms. The lowest BCUT2D eigenvalue weighted by atomic mass is 10.2. The van der Waals surface area contributed by atoms with E-state index in [0.717, 1.165) is 17.0 Å². The number of hydrogen-bond donors (Lipinski definition) is 2. The predicted octanol–water partition coefficient (Wildman–Crippen LogP) is 5.18. The van der Waals surface area contributed by atoms with Crippen LogP contribution in [0.3, 0.4) is 0 Å². The van der Waals surface area contributed by atoms with Crippen molar-refractivity contribution in [3.8, 4) is 11.5 Å². The molecule has 0 radical (unpaired) electrons. The Morgan fingerprint density at radius 2 is 1.60 bits per heavy atom. The number of hydrogen-bond acceptors (Lipinski definition) is 4. The fourth-order valence-corrected chi connectivity index (χ4v) is 2.93. The highest BCUT2D eigenvalue weighted by molar-refractivity contribution is 7.80. The van der Waals surface area contributed by atoms with Gasteiger partial charge in [-0.25, -0.2) is 0 Å². The normalized spacial score (nSPS) is 10.4. The van der Waals surface area contributed by atoms with E-state index < -0.39 is 0 Å². The molecule has 2 N–H and O–H groups in total. The molecule has 0 aromatic heterocycles. The maximum absolute atomic E-state index is 12.6. The second-order valence-corrected chi connectivity index (χ2v) is 7.28. The molecule has 3 aromatic rings. The molecule has 5 nitrogen and oxygen atoms in total. The van der Waals surface area contributed by atoms with Gasteiger partial charge >= 0.3 is 0 Å². The summed E-state index contributed by atoms with van der Waals surface area (Å²) in [4.78, 5) is 12.6. The molecule has 3 aromatic carbocycles. The summed E-state index contributed by atoms with van der Waals surface area (Å²) in [5.41, 5.74) is 2.28. The van der Waals surface area contributed by atoms with Crippen molar-refractivity contribution in [1.29, 1.82) is 0 Å². The fraction of sp³-hybridized carbons (Fsp3) is 0.167. The molecule has 30 heavy (non-hydrogen) atoms. The predicted molar refractivity (Wildman–Crippen MR) is 123 cm³/mol. The highest BCUT2D eigenvalue weighted by Gasteiger charge is 2.14. The average Bonchev–Trinajstić information content (AvgIpc) is 2.74. The van der Waals surface area contributed by atoms with Crippen molar-refractivity contribution in [3.63, 3.8) is 0 Å². The van der Waals surface area contributed by atoms with Crippen LogP contribution in [0, 0.1) is 0 Å². The molecule has 0 aliphatic rings. The Labute approximate surface area is 182 Å². The molecule has 0 heterocycles. The molecule has 0 aliphatic heterocycles. The Kier molecular flexibility index (Phi) is 7.40. The van der Waals surface area contributed by atoms with Gasteiger partial charge in [0, 0.05) is 5.69 Å². The van der Waals surface area contributed by atoms with Gasteiger partial charge in [0.25, 0.3) is 5.91 Å². The van der Waals surface area contributed by atoms with E-state index >= 15 is 0 Å². The summed E-state index contributed by atoms with van der Waals surface area (Å²) in [7, 11) is 0. The molecule has 0 saturated heterocycles. The standard InChI is InChI=1S/C24H24N2O3S/c1-17(2)29-22-11-7-6-10-21(22)23(27)26-24(30)25-19-12-14-20(15-13-19)28-16-18-8-4-3-5-9-18/h3-15,17H,16H2,1-2H3,(H2,25,26,27,30). The molecule has 6 heteroatoms. The van der Waals surface area contributed by atoms with Crippen LogP contribution in [-0.4, -0.2) is 17.1 Å². The van der Waals surface area contributed by atoms with E-state index in [9.17, 15) is 4.79 Å². The van der Waals surface area contributed by atoms with Gasteiger partial charge in [-0.1, -0.05) is 42.5 Å². The van der Waals surface area contributed by atoms with E-state index in [1.54, 1.807) is 18.2 Å². The van der Waals surface area contributed by atoms with Crippen molar-refractivity contribution < 1.29 is 14.3 Å². The maximum atomic E-state index is 12.6. The third kappa shape index (κ3) is 6.32. The minimum Gasteiger partial charge on any atom is -0.490 e. The minimum atomic E-state index is -0.327. The fourth-order valence-electron chi connectivity index (χ4n) is 2.72. The van der Waals surface area contributed by atoms with Gasteiger partial charge in [0.15, 0.2) is 5.11 Å². The number of anilines is 1. The first-order valence-corrected chi connectivity index (χ1v) is 10.1. The Bertz CT molecular complexity index is 989. The molecular formula is C24H24N2O3S. The van der Waals surface area contributed by atoms with Gasteiger partial charge in [0.2, 0.25) is 0 Å². The summed E-state index contributed by atoms with van der Waals surface area (Å²) >= 11 is 5.28. The van der Waals surface area contributed by atoms with Gasteiger partial charge in [0.05, 0.1) is 11.7 Å². The van der Waals surface area contributed by atoms with Crippen molar-refractivity contribution in [2.45, 2.75) is 26.6 Å². The number of nitrogens with one attached hydrogen (secondary N) is 2. The zero-order valence-electron chi connectivity index (χ0n) is 16.9. The summed E-state index contributed by atoms with van der Waals surface area (Å²) in [5, 5.41) is 5.90. The van der Waals surface area contributed by atoms with Crippen molar-refractivity contribution in [2.75, 3.05) is 5.32 Å². The smallest absolute Gasteiger partial charge is 0.261 e. The number of rotatable bonds is 7. The van der Waals surface area contributed by atoms with Gasteiger partial charge in [-0.3, -0.25) is 10.1 Å². The van der Waals surface area contributed by atoms with Crippen molar-refractivity contribution in [2.24, 2.45) is 0 Å². The molecule has 0 spiro atoms. The van der Waals surface area contributed by atoms with E-state index in [2.05, 4.69) is 10.6 Å². The zero-order chi connectivity index (χ0) is 21.3. The number of para-hydroxylation sites is 1. The summed E-state index contributed by atoms with van der Waals surface area (Å²) in [5.74, 6) is 0.943. The molecule has 1 amide bonds. The number of carbonyl (C=O) groups is 1. The molecule has 0 atom stereocenters. The lowest BCUT2D eigenvalue weighted by Crippen LogP contribution is -2.34. The van der Waals surface area contributed by atoms with E-state index in [1.165, 1.54) is 0 Å². The van der Waals surface area contributed by atoms with Crippen LogP contribution >= 0.6 is 12.2 Å². The molecular weight excluding hydrogens is 396 g/mol. The van der Waals surface area contributed by atoms with Crippen LogP contribution < -0.4 is 20.1 Å². The SMILES string of the molecule is CC(C)Oc1ccccc1C(=O)NC(=S)Nc1ccc(OCc2ccccc2)cc1. The maximum Gasteiger partial charge on any atom is 0.261 e. The Hall–Kier alpha value is -3.38. The summed E-state index contributed by atoms with van der Waals surface area (Å²) < 4.78 is 11.5. The first kappa shape index (κ1) is 21.3. The average molecular weight is 421 g/mol. The summed E-state index contributed by atoms with van der Waals surface area (Å²) in [6.45, 7) is 4.32. The lowest BCUT2D eigenvalue weighted by Gasteiger charge is -2.15. The Balaban J connectivity index is 1.54. The molecule has 0 unspecified atom stereocenters. The lowest BCUT2D eigenvalue weighted by molar-refractivity contribution is 0.0972. The molecule has 3 rings (SSSR count). The highest BCUT2D eigenvalue weighted by Crippen LogP contribution is 2.20. The van der Waals surface area contributed by atoms with Crippen LogP contribution in [0.15, 0.2) is 78.9 Å². The Morgan fingerprint density at radius 3 is 2.30 bits per heavy atom. The highest BCUT2D eigenvalue weighted by atomic mass is 32.1. The largest absolute Gasteiger partial charge is 0.490 e. The van der Waals surface area contributed by atoms with Crippen LogP contribution in [-0.2, 0) is 6.61 Å². The van der Waals surface area contributed by atoms with Gasteiger partial charge < -0.3 is 14.8 Å². The monoisotopic (exact) mass is 420 g/mol. The quantitative estimate of drug-likeness (QED) is 0.516. The third-order valence-electron chi connectivity index (χ3n) is 4.08. The van der Waals surface area contributed by atoms with Gasteiger partial charge in [-0.15, -0.1) is 0 Å². The topological polar surface area (TPSA) is 59.6 Å². The van der Waals surface area contributed by atoms with Crippen LogP contribution in [0.4, 0.5) is 5.69 Å². The number of amides is 1. The molecule has 154 valence electrons. The van der Waals surface area contributed by atoms with Gasteiger partial charge in [-0.05, 0) is 68.0 Å². The summed E-state index contributed by atoms with van der Waals surface area (Å²) in [6.07, 6.45) is -0.0355. The first-order chi connectivity index (χ1) is 14.5. The van der Waals surface area contributed by atoms with Gasteiger partial charge in [0.1, 0.15) is 18.1 Å². The molecule has 0 aliphatic carbocycles. The second-order valence-electron chi connectivity index (χ2n) is 6.87. The van der Waals surface area contributed by atoms with Crippen molar-refractivity contribution in [3.05, 3.63) is 90.0 Å². The van der Waals surface area contributed by atoms with E-state index in [1.807, 2.05) is 74.5 Å². The van der Waals surface area contributed by atoms with E-state index in [0.29, 0.717) is 17.9 Å². The van der Waals surface area contributed by atoms with E-state index in [4.69, 9.17) is 21.7 Å². The van der Waals surface area contributed by atoms with E-state index in [-0.39, 0.29) is 17.1 Å². The molecule has 0 fully saturated rings. The number of carbonyl (C=O) groups excluding carboxylic acids is 1. The summed E-state index contributed by atoms with van der Waals surface area (Å²) in [6, 6.07) is 24.4. The number of benzene rings is 3. The van der Waals surface area contributed by atoms with Crippen LogP contribution in [0.2, 0.25) is 0 Å². The number of ether oxygens (including phenoxy) is 2. The zero-order valence-corrected chi connectivity index (χ0v) is 17.7. The van der Waals surface area contributed by atoms with Crippen LogP contribution in [0.5, 0.6) is 11.5 Å². The van der Waals surface area contributed by atoms with Crippen LogP contribution in [0.1, 0.15) is 29.8 Å². The van der Waals surface area contributed by atoms with Crippen LogP contribution in [0.25, 0.3) is 0 Å². The van der Waals surface area contributed by atoms with Crippen molar-refractivity contribution in [1.82, 2.24) is 5.32 Å². The Morgan fingerprint density at radius 1 is 0.933 bits per heavy atom. The third-order valence-corrected chi connectivity index (χ3v) is 4.29. The minimum absolute atomic E-state index is 0.0355. The molecule has 0 saturated carbocycles. The second kappa shape index (κ2) is 10.4. The first-order valence-electron chi connectivity index (χ1n) is 9.66. The number of thiocarbonyl (C=S) groups is 1. The van der Waals surface area contributed by atoms with Gasteiger partial charge in [-0.2, -0.15) is 0 Å². The van der Waals surface area contributed by atoms with Crippen molar-refractivity contribution >= 4 is 28.9 Å².